The number of methoxy groups -OCH3 is 1. The number of pyridine rings is 1. The molecule has 2 amide bonds. The monoisotopic (exact) mass is 677 g/mol. The molecular formula is C35H30Cl3N3O3S. The van der Waals surface area contributed by atoms with Gasteiger partial charge in [-0.3, -0.25) is 14.6 Å². The smallest absolute Gasteiger partial charge is 0.266 e. The lowest BCUT2D eigenvalue weighted by Gasteiger charge is -2.37. The topological polar surface area (TPSA) is 71.5 Å². The number of carbonyl (C=O) groups is 2. The number of rotatable bonds is 8. The summed E-state index contributed by atoms with van der Waals surface area (Å²) in [6.07, 6.45) is 6.44. The Bertz CT molecular complexity index is 1860. The van der Waals surface area contributed by atoms with Crippen molar-refractivity contribution in [3.05, 3.63) is 116 Å². The van der Waals surface area contributed by atoms with Crippen LogP contribution in [0.25, 0.3) is 21.2 Å². The highest BCUT2D eigenvalue weighted by molar-refractivity contribution is 7.22. The van der Waals surface area contributed by atoms with Gasteiger partial charge in [0.1, 0.15) is 10.6 Å². The summed E-state index contributed by atoms with van der Waals surface area (Å²) in [5.41, 5.74) is 3.61. The second-order valence-corrected chi connectivity index (χ2v) is 13.2. The van der Waals surface area contributed by atoms with Crippen LogP contribution < -0.4 is 10.1 Å². The van der Waals surface area contributed by atoms with Gasteiger partial charge in [-0.15, -0.1) is 11.3 Å². The van der Waals surface area contributed by atoms with E-state index in [4.69, 9.17) is 39.5 Å². The molecule has 5 aromatic rings. The molecule has 1 N–H and O–H groups in total. The number of nitrogens with one attached hydrogen (secondary N) is 1. The predicted octanol–water partition coefficient (Wildman–Crippen LogP) is 9.32. The molecule has 0 radical (unpaired) electrons. The lowest BCUT2D eigenvalue weighted by molar-refractivity contribution is 0.0597. The largest absolute Gasteiger partial charge is 0.496 e. The van der Waals surface area contributed by atoms with Gasteiger partial charge in [0.25, 0.3) is 11.8 Å². The second-order valence-electron chi connectivity index (χ2n) is 11.0. The van der Waals surface area contributed by atoms with Gasteiger partial charge in [-0.2, -0.15) is 0 Å². The minimum atomic E-state index is -0.163. The van der Waals surface area contributed by atoms with Gasteiger partial charge in [0.2, 0.25) is 0 Å². The van der Waals surface area contributed by atoms with Crippen LogP contribution in [0.1, 0.15) is 51.3 Å². The van der Waals surface area contributed by atoms with Crippen molar-refractivity contribution in [3.8, 4) is 16.9 Å². The summed E-state index contributed by atoms with van der Waals surface area (Å²) in [6.45, 7) is 0.403. The summed E-state index contributed by atoms with van der Waals surface area (Å²) in [5, 5.41) is 5.07. The van der Waals surface area contributed by atoms with Crippen molar-refractivity contribution in [1.82, 2.24) is 15.2 Å². The summed E-state index contributed by atoms with van der Waals surface area (Å²) < 4.78 is 6.07. The van der Waals surface area contributed by atoms with E-state index in [0.717, 1.165) is 42.4 Å². The van der Waals surface area contributed by atoms with Crippen LogP contribution in [0.3, 0.4) is 0 Å². The molecule has 0 saturated heterocycles. The molecule has 0 unspecified atom stereocenters. The quantitative estimate of drug-likeness (QED) is 0.178. The van der Waals surface area contributed by atoms with Crippen molar-refractivity contribution < 1.29 is 14.3 Å². The zero-order valence-electron chi connectivity index (χ0n) is 24.4. The first kappa shape index (κ1) is 31.4. The number of aromatic nitrogens is 1. The second kappa shape index (κ2) is 13.8. The molecule has 1 fully saturated rings. The van der Waals surface area contributed by atoms with E-state index in [-0.39, 0.29) is 23.9 Å². The first-order valence-electron chi connectivity index (χ1n) is 14.6. The van der Waals surface area contributed by atoms with Crippen molar-refractivity contribution in [3.63, 3.8) is 0 Å². The van der Waals surface area contributed by atoms with Crippen molar-refractivity contribution >= 4 is 68.0 Å². The van der Waals surface area contributed by atoms with E-state index < -0.39 is 0 Å². The summed E-state index contributed by atoms with van der Waals surface area (Å²) >= 11 is 20.9. The minimum Gasteiger partial charge on any atom is -0.496 e. The third kappa shape index (κ3) is 6.68. The molecule has 10 heteroatoms. The summed E-state index contributed by atoms with van der Waals surface area (Å²) in [4.78, 5) is 34.0. The molecule has 0 aliphatic heterocycles. The van der Waals surface area contributed by atoms with Crippen LogP contribution in [0.2, 0.25) is 15.1 Å². The van der Waals surface area contributed by atoms with Gasteiger partial charge in [0.15, 0.2) is 0 Å². The van der Waals surface area contributed by atoms with Gasteiger partial charge in [-0.1, -0.05) is 71.2 Å². The fraction of sp³-hybridized carbons (Fsp3) is 0.229. The molecule has 2 aromatic heterocycles. The SMILES string of the molecule is COc1ccccc1C(=O)NC1CCC(N(Cc2cccc(-c3ccncc3)c2)C(=O)c2sc3c(Cl)c(Cl)ccc3c2Cl)CC1. The lowest BCUT2D eigenvalue weighted by atomic mass is 9.89. The molecule has 230 valence electrons. The summed E-state index contributed by atoms with van der Waals surface area (Å²) in [7, 11) is 1.56. The number of ether oxygens (including phenoxy) is 1. The third-order valence-corrected chi connectivity index (χ3v) is 10.9. The fourth-order valence-electron chi connectivity index (χ4n) is 5.93. The van der Waals surface area contributed by atoms with E-state index in [0.29, 0.717) is 47.9 Å². The number of thiophene rings is 1. The first-order valence-corrected chi connectivity index (χ1v) is 16.6. The molecule has 0 bridgehead atoms. The fourth-order valence-corrected chi connectivity index (χ4v) is 7.92. The molecule has 2 heterocycles. The van der Waals surface area contributed by atoms with Crippen molar-refractivity contribution in [2.75, 3.05) is 7.11 Å². The van der Waals surface area contributed by atoms with Crippen LogP contribution in [-0.4, -0.2) is 40.9 Å². The summed E-state index contributed by atoms with van der Waals surface area (Å²) in [5.74, 6) is 0.227. The van der Waals surface area contributed by atoms with Crippen LogP contribution in [0.5, 0.6) is 5.75 Å². The number of amides is 2. The molecule has 0 spiro atoms. The van der Waals surface area contributed by atoms with Crippen molar-refractivity contribution in [2.24, 2.45) is 0 Å². The number of nitrogens with zero attached hydrogens (tertiary/aromatic N) is 2. The third-order valence-electron chi connectivity index (χ3n) is 8.26. The molecule has 1 aliphatic carbocycles. The zero-order chi connectivity index (χ0) is 31.5. The molecule has 0 atom stereocenters. The van der Waals surface area contributed by atoms with Gasteiger partial charge >= 0.3 is 0 Å². The van der Waals surface area contributed by atoms with E-state index in [1.807, 2.05) is 41.3 Å². The number of hydrogen-bond acceptors (Lipinski definition) is 5. The van der Waals surface area contributed by atoms with Gasteiger partial charge in [0.05, 0.1) is 32.4 Å². The molecule has 1 aliphatic rings. The molecule has 6 rings (SSSR count). The zero-order valence-corrected chi connectivity index (χ0v) is 27.5. The Morgan fingerprint density at radius 2 is 1.67 bits per heavy atom. The lowest BCUT2D eigenvalue weighted by Crippen LogP contribution is -2.46. The van der Waals surface area contributed by atoms with Gasteiger partial charge in [0, 0.05) is 36.4 Å². The predicted molar refractivity (Wildman–Crippen MR) is 183 cm³/mol. The van der Waals surface area contributed by atoms with Crippen LogP contribution in [0, 0.1) is 0 Å². The number of halogens is 3. The number of fused-ring (bicyclic) bond motifs is 1. The highest BCUT2D eigenvalue weighted by Gasteiger charge is 2.33. The molecule has 1 saturated carbocycles. The first-order chi connectivity index (χ1) is 21.8. The van der Waals surface area contributed by atoms with Crippen LogP contribution in [-0.2, 0) is 6.54 Å². The van der Waals surface area contributed by atoms with E-state index in [9.17, 15) is 9.59 Å². The standard InChI is InChI=1S/C35H30Cl3N3O3S/c1-44-29-8-3-2-7-26(29)34(42)40-24-9-11-25(12-10-24)41(20-21-5-4-6-23(19-21)22-15-17-39-18-16-22)35(43)33-30(37)27-13-14-28(36)31(38)32(27)45-33/h2-8,13-19,24-25H,9-12,20H2,1H3,(H,40,42). The van der Waals surface area contributed by atoms with Crippen molar-refractivity contribution in [1.29, 1.82) is 0 Å². The summed E-state index contributed by atoms with van der Waals surface area (Å²) in [6, 6.07) is 22.8. The van der Waals surface area contributed by atoms with Gasteiger partial charge < -0.3 is 15.0 Å². The Labute approximate surface area is 280 Å². The Balaban J connectivity index is 1.26. The van der Waals surface area contributed by atoms with E-state index in [2.05, 4.69) is 22.4 Å². The molecule has 6 nitrogen and oxygen atoms in total. The van der Waals surface area contributed by atoms with Crippen LogP contribution in [0.4, 0.5) is 0 Å². The van der Waals surface area contributed by atoms with Gasteiger partial charge in [-0.25, -0.2) is 0 Å². The molecular weight excluding hydrogens is 649 g/mol. The molecule has 45 heavy (non-hydrogen) atoms. The number of para-hydroxylation sites is 1. The maximum atomic E-state index is 14.4. The maximum absolute atomic E-state index is 14.4. The van der Waals surface area contributed by atoms with Crippen LogP contribution >= 0.6 is 46.1 Å². The van der Waals surface area contributed by atoms with E-state index in [1.54, 1.807) is 43.8 Å². The number of benzene rings is 3. The van der Waals surface area contributed by atoms with E-state index >= 15 is 0 Å². The maximum Gasteiger partial charge on any atom is 0.266 e. The highest BCUT2D eigenvalue weighted by atomic mass is 35.5. The Morgan fingerprint density at radius 3 is 2.42 bits per heavy atom. The average molecular weight is 679 g/mol. The minimum absolute atomic E-state index is 0.0144. The van der Waals surface area contributed by atoms with Gasteiger partial charge in [-0.05, 0) is 78.8 Å². The Morgan fingerprint density at radius 1 is 0.911 bits per heavy atom. The number of hydrogen-bond donors (Lipinski definition) is 1. The van der Waals surface area contributed by atoms with E-state index in [1.165, 1.54) is 11.3 Å². The highest BCUT2D eigenvalue weighted by Crippen LogP contribution is 2.43. The van der Waals surface area contributed by atoms with Crippen molar-refractivity contribution in [2.45, 2.75) is 44.3 Å². The number of carbonyl (C=O) groups excluding carboxylic acids is 2. The Hall–Kier alpha value is -3.62. The normalized spacial score (nSPS) is 16.4. The van der Waals surface area contributed by atoms with Crippen LogP contribution in [0.15, 0.2) is 85.2 Å². The average Bonchev–Trinajstić information content (AvgIpc) is 3.42. The molecule has 3 aromatic carbocycles. The Kier molecular flexibility index (Phi) is 9.61.